The molecule has 3 rings (SSSR count). The number of hydrogen-bond donors (Lipinski definition) is 1. The van der Waals surface area contributed by atoms with Crippen LogP contribution in [0.5, 0.6) is 11.5 Å². The van der Waals surface area contributed by atoms with E-state index in [0.717, 1.165) is 35.8 Å². The molecule has 0 unspecified atom stereocenters. The summed E-state index contributed by atoms with van der Waals surface area (Å²) in [5.74, 6) is 0.989. The van der Waals surface area contributed by atoms with E-state index in [-0.39, 0.29) is 12.5 Å². The number of rotatable bonds is 11. The molecule has 0 heterocycles. The zero-order valence-electron chi connectivity index (χ0n) is 19.2. The molecule has 0 radical (unpaired) electrons. The number of hydrogen-bond acceptors (Lipinski definition) is 4. The average molecular weight is 500 g/mol. The Hall–Kier alpha value is -3.02. The molecule has 0 aliphatic carbocycles. The number of amides is 1. The maximum Gasteiger partial charge on any atom is 0.253 e. The highest BCUT2D eigenvalue weighted by molar-refractivity contribution is 6.34. The predicted octanol–water partition coefficient (Wildman–Crippen LogP) is 6.98. The highest BCUT2D eigenvalue weighted by atomic mass is 35.5. The number of nitrogens with one attached hydrogen (secondary N) is 1. The van der Waals surface area contributed by atoms with E-state index in [0.29, 0.717) is 45.9 Å². The van der Waals surface area contributed by atoms with Gasteiger partial charge in [0, 0.05) is 28.3 Å². The molecule has 0 aliphatic heterocycles. The Labute approximate surface area is 210 Å². The molecular formula is C27H27Cl2NO4. The van der Waals surface area contributed by atoms with E-state index in [1.54, 1.807) is 36.4 Å². The normalized spacial score (nSPS) is 10.6. The quantitative estimate of drug-likeness (QED) is 0.289. The Morgan fingerprint density at radius 1 is 0.912 bits per heavy atom. The van der Waals surface area contributed by atoms with Gasteiger partial charge in [0.25, 0.3) is 5.91 Å². The van der Waals surface area contributed by atoms with E-state index in [1.807, 2.05) is 32.0 Å². The van der Waals surface area contributed by atoms with Gasteiger partial charge >= 0.3 is 0 Å². The van der Waals surface area contributed by atoms with Gasteiger partial charge in [-0.2, -0.15) is 0 Å². The van der Waals surface area contributed by atoms with Crippen molar-refractivity contribution in [3.05, 3.63) is 81.3 Å². The van der Waals surface area contributed by atoms with Gasteiger partial charge in [-0.25, -0.2) is 0 Å². The van der Waals surface area contributed by atoms with Crippen molar-refractivity contribution in [2.75, 3.05) is 13.2 Å². The van der Waals surface area contributed by atoms with Gasteiger partial charge in [0.05, 0.1) is 23.8 Å². The summed E-state index contributed by atoms with van der Waals surface area (Å²) < 4.78 is 11.5. The zero-order chi connectivity index (χ0) is 24.5. The molecule has 0 saturated heterocycles. The van der Waals surface area contributed by atoms with Gasteiger partial charge in [-0.1, -0.05) is 49.2 Å². The van der Waals surface area contributed by atoms with Crippen LogP contribution in [0, 0.1) is 0 Å². The first-order chi connectivity index (χ1) is 16.5. The van der Waals surface area contributed by atoms with Crippen LogP contribution in [0.25, 0.3) is 11.1 Å². The molecule has 0 bridgehead atoms. The first kappa shape index (κ1) is 25.6. The zero-order valence-corrected chi connectivity index (χ0v) is 20.7. The summed E-state index contributed by atoms with van der Waals surface area (Å²) in [5, 5.41) is 3.77. The molecule has 0 atom stereocenters. The van der Waals surface area contributed by atoms with Crippen molar-refractivity contribution in [1.29, 1.82) is 0 Å². The van der Waals surface area contributed by atoms with Gasteiger partial charge in [0.1, 0.15) is 17.8 Å². The maximum absolute atomic E-state index is 12.8. The first-order valence-corrected chi connectivity index (χ1v) is 11.9. The van der Waals surface area contributed by atoms with Crippen LogP contribution in [0.3, 0.4) is 0 Å². The second-order valence-corrected chi connectivity index (χ2v) is 8.52. The van der Waals surface area contributed by atoms with E-state index in [2.05, 4.69) is 5.32 Å². The van der Waals surface area contributed by atoms with Crippen LogP contribution in [0.4, 0.5) is 0 Å². The maximum atomic E-state index is 12.8. The SMILES string of the molecule is CCCOc1ccc(C(=O)NCc2cc(-c3cc(C=O)ccc3Cl)ccc2OCCC)c(Cl)c1. The molecular weight excluding hydrogens is 473 g/mol. The lowest BCUT2D eigenvalue weighted by Crippen LogP contribution is -2.23. The molecule has 0 spiro atoms. The average Bonchev–Trinajstić information content (AvgIpc) is 2.85. The second-order valence-electron chi connectivity index (χ2n) is 7.70. The number of carbonyl (C=O) groups is 2. The Balaban J connectivity index is 1.84. The summed E-state index contributed by atoms with van der Waals surface area (Å²) in [4.78, 5) is 24.1. The van der Waals surface area contributed by atoms with Crippen LogP contribution < -0.4 is 14.8 Å². The lowest BCUT2D eigenvalue weighted by Gasteiger charge is -2.15. The summed E-state index contributed by atoms with van der Waals surface area (Å²) in [6.07, 6.45) is 2.51. The fraction of sp³-hybridized carbons (Fsp3) is 0.259. The van der Waals surface area contributed by atoms with Crippen molar-refractivity contribution in [3.63, 3.8) is 0 Å². The number of aldehydes is 1. The number of halogens is 2. The molecule has 5 nitrogen and oxygen atoms in total. The molecule has 1 amide bonds. The number of ether oxygens (including phenoxy) is 2. The van der Waals surface area contributed by atoms with Crippen LogP contribution in [0.15, 0.2) is 54.6 Å². The van der Waals surface area contributed by atoms with Crippen molar-refractivity contribution in [2.45, 2.75) is 33.2 Å². The van der Waals surface area contributed by atoms with Crippen molar-refractivity contribution >= 4 is 35.4 Å². The molecule has 1 N–H and O–H groups in total. The van der Waals surface area contributed by atoms with Crippen LogP contribution >= 0.6 is 23.2 Å². The third-order valence-corrected chi connectivity index (χ3v) is 5.70. The highest BCUT2D eigenvalue weighted by Gasteiger charge is 2.14. The van der Waals surface area contributed by atoms with Gasteiger partial charge in [-0.05, 0) is 60.9 Å². The Morgan fingerprint density at radius 2 is 1.68 bits per heavy atom. The largest absolute Gasteiger partial charge is 0.494 e. The van der Waals surface area contributed by atoms with Crippen LogP contribution in [0.1, 0.15) is 53.0 Å². The number of carbonyl (C=O) groups excluding carboxylic acids is 2. The van der Waals surface area contributed by atoms with Crippen LogP contribution in [0.2, 0.25) is 10.0 Å². The summed E-state index contributed by atoms with van der Waals surface area (Å²) in [6, 6.07) is 15.8. The lowest BCUT2D eigenvalue weighted by atomic mass is 10.0. The standard InChI is InChI=1S/C27H27Cl2NO4/c1-3-11-33-21-7-8-22(25(29)15-21)27(32)30-16-20-14-19(6-10-26(20)34-12-4-2)23-13-18(17-31)5-9-24(23)28/h5-10,13-15,17H,3-4,11-12,16H2,1-2H3,(H,30,32). The minimum Gasteiger partial charge on any atom is -0.494 e. The summed E-state index contributed by atoms with van der Waals surface area (Å²) >= 11 is 12.7. The molecule has 7 heteroatoms. The summed E-state index contributed by atoms with van der Waals surface area (Å²) in [5.41, 5.74) is 3.22. The van der Waals surface area contributed by atoms with E-state index in [1.165, 1.54) is 0 Å². The van der Waals surface area contributed by atoms with E-state index >= 15 is 0 Å². The molecule has 3 aromatic rings. The van der Waals surface area contributed by atoms with E-state index in [4.69, 9.17) is 32.7 Å². The molecule has 34 heavy (non-hydrogen) atoms. The van der Waals surface area contributed by atoms with Crippen LogP contribution in [-0.2, 0) is 6.54 Å². The smallest absolute Gasteiger partial charge is 0.253 e. The topological polar surface area (TPSA) is 64.6 Å². The summed E-state index contributed by atoms with van der Waals surface area (Å²) in [7, 11) is 0. The number of benzene rings is 3. The van der Waals surface area contributed by atoms with Crippen molar-refractivity contribution in [1.82, 2.24) is 5.32 Å². The van der Waals surface area contributed by atoms with Gasteiger partial charge in [-0.15, -0.1) is 0 Å². The van der Waals surface area contributed by atoms with Gasteiger partial charge in [0.2, 0.25) is 0 Å². The van der Waals surface area contributed by atoms with Crippen molar-refractivity contribution in [2.24, 2.45) is 0 Å². The fourth-order valence-electron chi connectivity index (χ4n) is 3.34. The second kappa shape index (κ2) is 12.4. The molecule has 0 fully saturated rings. The lowest BCUT2D eigenvalue weighted by molar-refractivity contribution is 0.0950. The Kier molecular flexibility index (Phi) is 9.37. The highest BCUT2D eigenvalue weighted by Crippen LogP contribution is 2.32. The predicted molar refractivity (Wildman–Crippen MR) is 136 cm³/mol. The minimum absolute atomic E-state index is 0.223. The van der Waals surface area contributed by atoms with Gasteiger partial charge in [0.15, 0.2) is 0 Å². The van der Waals surface area contributed by atoms with E-state index < -0.39 is 0 Å². The monoisotopic (exact) mass is 499 g/mol. The molecule has 178 valence electrons. The van der Waals surface area contributed by atoms with Gasteiger partial charge < -0.3 is 14.8 Å². The van der Waals surface area contributed by atoms with Crippen LogP contribution in [-0.4, -0.2) is 25.4 Å². The van der Waals surface area contributed by atoms with E-state index in [9.17, 15) is 9.59 Å². The Morgan fingerprint density at radius 3 is 2.38 bits per heavy atom. The molecule has 0 aromatic heterocycles. The molecule has 0 saturated carbocycles. The first-order valence-electron chi connectivity index (χ1n) is 11.2. The van der Waals surface area contributed by atoms with Crippen molar-refractivity contribution < 1.29 is 19.1 Å². The van der Waals surface area contributed by atoms with Gasteiger partial charge in [-0.3, -0.25) is 9.59 Å². The molecule has 0 aliphatic rings. The minimum atomic E-state index is -0.306. The third-order valence-electron chi connectivity index (χ3n) is 5.06. The third kappa shape index (κ3) is 6.52. The van der Waals surface area contributed by atoms with Crippen molar-refractivity contribution in [3.8, 4) is 22.6 Å². The molecule has 3 aromatic carbocycles. The summed E-state index contributed by atoms with van der Waals surface area (Å²) in [6.45, 7) is 5.40. The Bertz CT molecular complexity index is 1160. The fourth-order valence-corrected chi connectivity index (χ4v) is 3.82.